The van der Waals surface area contributed by atoms with E-state index in [1.807, 2.05) is 31.2 Å². The summed E-state index contributed by atoms with van der Waals surface area (Å²) in [7, 11) is 0. The molecule has 2 N–H and O–H groups in total. The number of benzene rings is 1. The van der Waals surface area contributed by atoms with E-state index >= 15 is 0 Å². The van der Waals surface area contributed by atoms with Crippen LogP contribution in [0, 0.1) is 6.92 Å². The summed E-state index contributed by atoms with van der Waals surface area (Å²) in [5.74, 6) is -0.598. The SMILES string of the molecule is CC[C@H](NC(=O)CCOc1ccccc1C)C(=O)O. The molecule has 0 fully saturated rings. The molecule has 5 nitrogen and oxygen atoms in total. The monoisotopic (exact) mass is 265 g/mol. The lowest BCUT2D eigenvalue weighted by Gasteiger charge is -2.13. The number of nitrogens with one attached hydrogen (secondary N) is 1. The number of carbonyl (C=O) groups excluding carboxylic acids is 1. The molecule has 5 heteroatoms. The fraction of sp³-hybridized carbons (Fsp3) is 0.429. The maximum absolute atomic E-state index is 11.5. The minimum atomic E-state index is -1.02. The molecule has 1 atom stereocenters. The number of hydrogen-bond acceptors (Lipinski definition) is 3. The smallest absolute Gasteiger partial charge is 0.326 e. The Kier molecular flexibility index (Phi) is 5.85. The van der Waals surface area contributed by atoms with Crippen molar-refractivity contribution >= 4 is 11.9 Å². The van der Waals surface area contributed by atoms with Crippen LogP contribution >= 0.6 is 0 Å². The molecule has 0 bridgehead atoms. The Labute approximate surface area is 112 Å². The van der Waals surface area contributed by atoms with Crippen molar-refractivity contribution in [3.05, 3.63) is 29.8 Å². The highest BCUT2D eigenvalue weighted by atomic mass is 16.5. The minimum Gasteiger partial charge on any atom is -0.493 e. The molecule has 0 radical (unpaired) electrons. The van der Waals surface area contributed by atoms with Crippen molar-refractivity contribution in [1.82, 2.24) is 5.32 Å². The summed E-state index contributed by atoms with van der Waals surface area (Å²) in [6.45, 7) is 3.86. The number of ether oxygens (including phenoxy) is 1. The van der Waals surface area contributed by atoms with Crippen molar-refractivity contribution in [2.45, 2.75) is 32.7 Å². The summed E-state index contributed by atoms with van der Waals surface area (Å²) in [6, 6.07) is 6.70. The molecule has 0 aliphatic rings. The fourth-order valence-corrected chi connectivity index (χ4v) is 1.58. The highest BCUT2D eigenvalue weighted by Crippen LogP contribution is 2.16. The highest BCUT2D eigenvalue weighted by molar-refractivity contribution is 5.83. The number of carboxylic acid groups (broad SMARTS) is 1. The van der Waals surface area contributed by atoms with Crippen molar-refractivity contribution in [1.29, 1.82) is 0 Å². The third-order valence-corrected chi connectivity index (χ3v) is 2.72. The van der Waals surface area contributed by atoms with Gasteiger partial charge >= 0.3 is 5.97 Å². The molecule has 0 saturated carbocycles. The van der Waals surface area contributed by atoms with Gasteiger partial charge in [-0.05, 0) is 25.0 Å². The summed E-state index contributed by atoms with van der Waals surface area (Å²) in [4.78, 5) is 22.3. The van der Waals surface area contributed by atoms with Crippen molar-refractivity contribution in [2.75, 3.05) is 6.61 Å². The van der Waals surface area contributed by atoms with Crippen LogP contribution in [0.4, 0.5) is 0 Å². The lowest BCUT2D eigenvalue weighted by Crippen LogP contribution is -2.40. The van der Waals surface area contributed by atoms with Crippen LogP contribution in [0.1, 0.15) is 25.3 Å². The van der Waals surface area contributed by atoms with Gasteiger partial charge in [-0.15, -0.1) is 0 Å². The first-order valence-electron chi connectivity index (χ1n) is 6.25. The quantitative estimate of drug-likeness (QED) is 0.787. The number of carbonyl (C=O) groups is 2. The zero-order valence-corrected chi connectivity index (χ0v) is 11.2. The number of aryl methyl sites for hydroxylation is 1. The summed E-state index contributed by atoms with van der Waals surface area (Å²) in [5, 5.41) is 11.3. The van der Waals surface area contributed by atoms with Gasteiger partial charge in [0.15, 0.2) is 0 Å². The molecule has 0 spiro atoms. The van der Waals surface area contributed by atoms with Crippen molar-refractivity contribution in [3.63, 3.8) is 0 Å². The zero-order valence-electron chi connectivity index (χ0n) is 11.2. The Balaban J connectivity index is 2.35. The second-order valence-corrected chi connectivity index (χ2v) is 4.23. The van der Waals surface area contributed by atoms with Gasteiger partial charge < -0.3 is 15.2 Å². The van der Waals surface area contributed by atoms with Crippen molar-refractivity contribution < 1.29 is 19.4 Å². The second-order valence-electron chi connectivity index (χ2n) is 4.23. The van der Waals surface area contributed by atoms with Gasteiger partial charge in [-0.25, -0.2) is 4.79 Å². The van der Waals surface area contributed by atoms with Gasteiger partial charge in [0.25, 0.3) is 0 Å². The molecule has 19 heavy (non-hydrogen) atoms. The molecule has 1 aromatic carbocycles. The van der Waals surface area contributed by atoms with Gasteiger partial charge in [0.1, 0.15) is 11.8 Å². The molecule has 1 amide bonds. The molecular formula is C14H19NO4. The van der Waals surface area contributed by atoms with Gasteiger partial charge in [0, 0.05) is 0 Å². The first-order valence-corrected chi connectivity index (χ1v) is 6.25. The van der Waals surface area contributed by atoms with E-state index in [1.165, 1.54) is 0 Å². The van der Waals surface area contributed by atoms with E-state index in [0.717, 1.165) is 11.3 Å². The van der Waals surface area contributed by atoms with E-state index in [1.54, 1.807) is 6.92 Å². The van der Waals surface area contributed by atoms with E-state index in [2.05, 4.69) is 5.32 Å². The van der Waals surface area contributed by atoms with Gasteiger partial charge in [0.05, 0.1) is 13.0 Å². The maximum atomic E-state index is 11.5. The lowest BCUT2D eigenvalue weighted by atomic mass is 10.2. The Morgan fingerprint density at radius 2 is 2.05 bits per heavy atom. The normalized spacial score (nSPS) is 11.7. The van der Waals surface area contributed by atoms with Crippen LogP contribution in [0.15, 0.2) is 24.3 Å². The predicted octanol–water partition coefficient (Wildman–Crippen LogP) is 1.74. The van der Waals surface area contributed by atoms with Crippen LogP contribution in [0.5, 0.6) is 5.75 Å². The van der Waals surface area contributed by atoms with Crippen molar-refractivity contribution in [3.8, 4) is 5.75 Å². The topological polar surface area (TPSA) is 75.6 Å². The number of hydrogen-bond donors (Lipinski definition) is 2. The highest BCUT2D eigenvalue weighted by Gasteiger charge is 2.17. The molecule has 0 unspecified atom stereocenters. The van der Waals surface area contributed by atoms with Crippen LogP contribution in [-0.2, 0) is 9.59 Å². The van der Waals surface area contributed by atoms with E-state index in [4.69, 9.17) is 9.84 Å². The largest absolute Gasteiger partial charge is 0.493 e. The lowest BCUT2D eigenvalue weighted by molar-refractivity contribution is -0.142. The third-order valence-electron chi connectivity index (χ3n) is 2.72. The summed E-state index contributed by atoms with van der Waals surface area (Å²) in [6.07, 6.45) is 0.498. The Morgan fingerprint density at radius 3 is 2.63 bits per heavy atom. The molecular weight excluding hydrogens is 246 g/mol. The number of para-hydroxylation sites is 1. The standard InChI is InChI=1S/C14H19NO4/c1-3-11(14(17)18)15-13(16)8-9-19-12-7-5-4-6-10(12)2/h4-7,11H,3,8-9H2,1-2H3,(H,15,16)(H,17,18)/t11-/m0/s1. The van der Waals surface area contributed by atoms with Crippen LogP contribution in [0.2, 0.25) is 0 Å². The van der Waals surface area contributed by atoms with Gasteiger partial charge in [-0.1, -0.05) is 25.1 Å². The molecule has 0 heterocycles. The van der Waals surface area contributed by atoms with Crippen molar-refractivity contribution in [2.24, 2.45) is 0 Å². The maximum Gasteiger partial charge on any atom is 0.326 e. The summed E-state index contributed by atoms with van der Waals surface area (Å²) >= 11 is 0. The second kappa shape index (κ2) is 7.41. The fourth-order valence-electron chi connectivity index (χ4n) is 1.58. The average molecular weight is 265 g/mol. The molecule has 1 rings (SSSR count). The number of aliphatic carboxylic acids is 1. The molecule has 0 aliphatic carbocycles. The van der Waals surface area contributed by atoms with Gasteiger partial charge in [-0.2, -0.15) is 0 Å². The van der Waals surface area contributed by atoms with Crippen LogP contribution in [0.25, 0.3) is 0 Å². The molecule has 0 aliphatic heterocycles. The summed E-state index contributed by atoms with van der Waals surface area (Å²) < 4.78 is 5.47. The van der Waals surface area contributed by atoms with Crippen LogP contribution in [0.3, 0.4) is 0 Å². The Bertz CT molecular complexity index is 445. The van der Waals surface area contributed by atoms with E-state index in [0.29, 0.717) is 6.42 Å². The first kappa shape index (κ1) is 15.0. The molecule has 0 saturated heterocycles. The van der Waals surface area contributed by atoms with E-state index in [9.17, 15) is 9.59 Å². The number of carboxylic acids is 1. The Hall–Kier alpha value is -2.04. The molecule has 1 aromatic rings. The van der Waals surface area contributed by atoms with E-state index < -0.39 is 12.0 Å². The molecule has 0 aromatic heterocycles. The van der Waals surface area contributed by atoms with Gasteiger partial charge in [-0.3, -0.25) is 4.79 Å². The number of rotatable bonds is 7. The zero-order chi connectivity index (χ0) is 14.3. The Morgan fingerprint density at radius 1 is 1.37 bits per heavy atom. The average Bonchev–Trinajstić information content (AvgIpc) is 2.38. The third kappa shape index (κ3) is 4.99. The van der Waals surface area contributed by atoms with Crippen LogP contribution < -0.4 is 10.1 Å². The molecule has 104 valence electrons. The van der Waals surface area contributed by atoms with Gasteiger partial charge in [0.2, 0.25) is 5.91 Å². The number of amides is 1. The van der Waals surface area contributed by atoms with Crippen LogP contribution in [-0.4, -0.2) is 29.6 Å². The minimum absolute atomic E-state index is 0.137. The summed E-state index contributed by atoms with van der Waals surface area (Å²) in [5.41, 5.74) is 1.000. The first-order chi connectivity index (χ1) is 9.04. The van der Waals surface area contributed by atoms with E-state index in [-0.39, 0.29) is 18.9 Å². The predicted molar refractivity (Wildman–Crippen MR) is 71.1 cm³/mol.